The van der Waals surface area contributed by atoms with Gasteiger partial charge < -0.3 is 5.11 Å². The standard InChI is InChI=1S/C12H16F2O/c1-8-6-11(14)9(7-10(8)13)12(2,3)4-5-15/h6-7,15H,4-5H2,1-3H3. The third-order valence-electron chi connectivity index (χ3n) is 2.71. The van der Waals surface area contributed by atoms with Gasteiger partial charge in [-0.2, -0.15) is 0 Å². The molecule has 0 saturated heterocycles. The largest absolute Gasteiger partial charge is 0.396 e. The van der Waals surface area contributed by atoms with E-state index >= 15 is 0 Å². The molecule has 1 aromatic carbocycles. The fraction of sp³-hybridized carbons (Fsp3) is 0.500. The molecule has 1 nitrogen and oxygen atoms in total. The van der Waals surface area contributed by atoms with Gasteiger partial charge in [-0.1, -0.05) is 13.8 Å². The fourth-order valence-corrected chi connectivity index (χ4v) is 1.58. The minimum Gasteiger partial charge on any atom is -0.396 e. The van der Waals surface area contributed by atoms with Crippen molar-refractivity contribution < 1.29 is 13.9 Å². The van der Waals surface area contributed by atoms with Crippen LogP contribution < -0.4 is 0 Å². The molecule has 0 fully saturated rings. The van der Waals surface area contributed by atoms with Gasteiger partial charge in [0.15, 0.2) is 0 Å². The van der Waals surface area contributed by atoms with E-state index in [4.69, 9.17) is 5.11 Å². The highest BCUT2D eigenvalue weighted by atomic mass is 19.1. The SMILES string of the molecule is Cc1cc(F)c(C(C)(C)CCO)cc1F. The smallest absolute Gasteiger partial charge is 0.127 e. The number of rotatable bonds is 3. The van der Waals surface area contributed by atoms with Gasteiger partial charge in [0, 0.05) is 6.61 Å². The molecule has 1 rings (SSSR count). The van der Waals surface area contributed by atoms with Crippen molar-refractivity contribution in [1.82, 2.24) is 0 Å². The second-order valence-corrected chi connectivity index (χ2v) is 4.44. The molecule has 0 aliphatic carbocycles. The molecule has 0 saturated carbocycles. The Morgan fingerprint density at radius 3 is 2.33 bits per heavy atom. The average Bonchev–Trinajstić information content (AvgIpc) is 2.11. The number of benzene rings is 1. The summed E-state index contributed by atoms with van der Waals surface area (Å²) in [7, 11) is 0. The summed E-state index contributed by atoms with van der Waals surface area (Å²) in [5, 5.41) is 8.86. The third kappa shape index (κ3) is 2.53. The predicted octanol–water partition coefficient (Wildman–Crippen LogP) is 2.93. The maximum Gasteiger partial charge on any atom is 0.127 e. The number of hydrogen-bond donors (Lipinski definition) is 1. The summed E-state index contributed by atoms with van der Waals surface area (Å²) in [4.78, 5) is 0. The molecule has 0 aliphatic rings. The molecule has 15 heavy (non-hydrogen) atoms. The van der Waals surface area contributed by atoms with Gasteiger partial charge >= 0.3 is 0 Å². The summed E-state index contributed by atoms with van der Waals surface area (Å²) in [5.74, 6) is -0.815. The first kappa shape index (κ1) is 12.1. The normalized spacial score (nSPS) is 11.9. The van der Waals surface area contributed by atoms with Crippen molar-refractivity contribution in [1.29, 1.82) is 0 Å². The van der Waals surface area contributed by atoms with Crippen LogP contribution in [-0.4, -0.2) is 11.7 Å². The molecule has 1 aromatic rings. The molecule has 0 heterocycles. The first-order valence-corrected chi connectivity index (χ1v) is 4.95. The Hall–Kier alpha value is -0.960. The van der Waals surface area contributed by atoms with Crippen molar-refractivity contribution in [3.8, 4) is 0 Å². The first-order chi connectivity index (χ1) is 6.88. The first-order valence-electron chi connectivity index (χ1n) is 4.95. The van der Waals surface area contributed by atoms with Crippen molar-refractivity contribution in [3.63, 3.8) is 0 Å². The van der Waals surface area contributed by atoms with Crippen molar-refractivity contribution in [2.75, 3.05) is 6.61 Å². The lowest BCUT2D eigenvalue weighted by molar-refractivity contribution is 0.249. The van der Waals surface area contributed by atoms with E-state index in [0.717, 1.165) is 0 Å². The van der Waals surface area contributed by atoms with Crippen molar-refractivity contribution in [3.05, 3.63) is 34.9 Å². The lowest BCUT2D eigenvalue weighted by atomic mass is 9.81. The molecular weight excluding hydrogens is 198 g/mol. The maximum atomic E-state index is 13.6. The van der Waals surface area contributed by atoms with E-state index in [1.807, 2.05) is 0 Å². The van der Waals surface area contributed by atoms with E-state index in [1.54, 1.807) is 13.8 Å². The molecular formula is C12H16F2O. The Morgan fingerprint density at radius 1 is 1.20 bits per heavy atom. The molecule has 0 amide bonds. The van der Waals surface area contributed by atoms with E-state index in [1.165, 1.54) is 19.1 Å². The summed E-state index contributed by atoms with van der Waals surface area (Å²) in [6.07, 6.45) is 0.409. The van der Waals surface area contributed by atoms with E-state index in [0.29, 0.717) is 17.5 Å². The van der Waals surface area contributed by atoms with E-state index in [2.05, 4.69) is 0 Å². The van der Waals surface area contributed by atoms with Gasteiger partial charge in [0.1, 0.15) is 11.6 Å². The number of hydrogen-bond acceptors (Lipinski definition) is 1. The van der Waals surface area contributed by atoms with Crippen LogP contribution in [0, 0.1) is 18.6 Å². The highest BCUT2D eigenvalue weighted by Crippen LogP contribution is 2.30. The Morgan fingerprint density at radius 2 is 1.80 bits per heavy atom. The summed E-state index contributed by atoms with van der Waals surface area (Å²) >= 11 is 0. The van der Waals surface area contributed by atoms with Crippen LogP contribution in [-0.2, 0) is 5.41 Å². The second kappa shape index (κ2) is 4.27. The molecule has 1 N–H and O–H groups in total. The maximum absolute atomic E-state index is 13.6. The second-order valence-electron chi connectivity index (χ2n) is 4.44. The van der Waals surface area contributed by atoms with Gasteiger partial charge in [-0.3, -0.25) is 0 Å². The minimum absolute atomic E-state index is 0.0397. The molecule has 0 aliphatic heterocycles. The number of aliphatic hydroxyl groups excluding tert-OH is 1. The monoisotopic (exact) mass is 214 g/mol. The van der Waals surface area contributed by atoms with Gasteiger partial charge in [-0.15, -0.1) is 0 Å². The van der Waals surface area contributed by atoms with Gasteiger partial charge in [0.2, 0.25) is 0 Å². The van der Waals surface area contributed by atoms with Crippen LogP contribution >= 0.6 is 0 Å². The predicted molar refractivity (Wildman–Crippen MR) is 55.8 cm³/mol. The zero-order valence-corrected chi connectivity index (χ0v) is 9.27. The van der Waals surface area contributed by atoms with Crippen LogP contribution in [0.3, 0.4) is 0 Å². The molecule has 84 valence electrons. The number of aryl methyl sites for hydroxylation is 1. The van der Waals surface area contributed by atoms with Crippen molar-refractivity contribution in [2.45, 2.75) is 32.6 Å². The Labute approximate surface area is 88.7 Å². The zero-order valence-electron chi connectivity index (χ0n) is 9.27. The number of halogens is 2. The molecule has 3 heteroatoms. The highest BCUT2D eigenvalue weighted by molar-refractivity contribution is 5.30. The van der Waals surface area contributed by atoms with E-state index in [-0.39, 0.29) is 6.61 Å². The molecule has 0 unspecified atom stereocenters. The van der Waals surface area contributed by atoms with Crippen molar-refractivity contribution in [2.24, 2.45) is 0 Å². The topological polar surface area (TPSA) is 20.2 Å². The van der Waals surface area contributed by atoms with Crippen molar-refractivity contribution >= 4 is 0 Å². The molecule has 0 aromatic heterocycles. The van der Waals surface area contributed by atoms with Crippen LogP contribution in [0.25, 0.3) is 0 Å². The third-order valence-corrected chi connectivity index (χ3v) is 2.71. The lowest BCUT2D eigenvalue weighted by Gasteiger charge is -2.25. The number of aliphatic hydroxyl groups is 1. The van der Waals surface area contributed by atoms with Crippen LogP contribution in [0.4, 0.5) is 8.78 Å². The van der Waals surface area contributed by atoms with Gasteiger partial charge in [0.05, 0.1) is 0 Å². The Kier molecular flexibility index (Phi) is 3.45. The highest BCUT2D eigenvalue weighted by Gasteiger charge is 2.24. The van der Waals surface area contributed by atoms with Crippen LogP contribution in [0.1, 0.15) is 31.4 Å². The molecule has 0 radical (unpaired) electrons. The van der Waals surface area contributed by atoms with Crippen LogP contribution in [0.5, 0.6) is 0 Å². The quantitative estimate of drug-likeness (QED) is 0.820. The van der Waals surface area contributed by atoms with Gasteiger partial charge in [-0.25, -0.2) is 8.78 Å². The fourth-order valence-electron chi connectivity index (χ4n) is 1.58. The summed E-state index contributed by atoms with van der Waals surface area (Å²) in [6, 6.07) is 2.42. The van der Waals surface area contributed by atoms with Crippen LogP contribution in [0.2, 0.25) is 0 Å². The molecule has 0 bridgehead atoms. The Balaban J connectivity index is 3.19. The molecule has 0 atom stereocenters. The minimum atomic E-state index is -0.548. The van der Waals surface area contributed by atoms with E-state index < -0.39 is 17.0 Å². The Bertz CT molecular complexity index is 359. The van der Waals surface area contributed by atoms with Crippen LogP contribution in [0.15, 0.2) is 12.1 Å². The average molecular weight is 214 g/mol. The molecule has 0 spiro atoms. The van der Waals surface area contributed by atoms with Gasteiger partial charge in [0.25, 0.3) is 0 Å². The zero-order chi connectivity index (χ0) is 11.6. The summed E-state index contributed by atoms with van der Waals surface area (Å²) < 4.78 is 26.9. The summed E-state index contributed by atoms with van der Waals surface area (Å²) in [5.41, 5.74) is 0.0728. The van der Waals surface area contributed by atoms with Gasteiger partial charge in [-0.05, 0) is 42.0 Å². The van der Waals surface area contributed by atoms with E-state index in [9.17, 15) is 8.78 Å². The summed E-state index contributed by atoms with van der Waals surface area (Å²) in [6.45, 7) is 5.07. The lowest BCUT2D eigenvalue weighted by Crippen LogP contribution is -2.21.